The fourth-order valence-electron chi connectivity index (χ4n) is 2.93. The molecule has 1 fully saturated rings. The Labute approximate surface area is 108 Å². The second kappa shape index (κ2) is 4.91. The Bertz CT molecular complexity index is 329. The third-order valence-electron chi connectivity index (χ3n) is 4.06. The Hall–Kier alpha value is -0.300. The molecule has 2 rings (SSSR count). The number of alkyl halides is 1. The van der Waals surface area contributed by atoms with Gasteiger partial charge in [0.25, 0.3) is 0 Å². The van der Waals surface area contributed by atoms with Crippen LogP contribution in [0.1, 0.15) is 49.9 Å². The highest BCUT2D eigenvalue weighted by Crippen LogP contribution is 2.49. The molecule has 1 aromatic rings. The van der Waals surface area contributed by atoms with Crippen molar-refractivity contribution < 1.29 is 0 Å². The maximum absolute atomic E-state index is 3.92. The van der Waals surface area contributed by atoms with Crippen molar-refractivity contribution in [2.75, 3.05) is 0 Å². The van der Waals surface area contributed by atoms with Crippen LogP contribution in [0.4, 0.5) is 0 Å². The van der Waals surface area contributed by atoms with Crippen LogP contribution in [-0.2, 0) is 0 Å². The highest BCUT2D eigenvalue weighted by atomic mass is 79.9. The molecule has 0 nitrogen and oxygen atoms in total. The van der Waals surface area contributed by atoms with Gasteiger partial charge in [0.1, 0.15) is 0 Å². The van der Waals surface area contributed by atoms with Crippen molar-refractivity contribution in [1.29, 1.82) is 0 Å². The van der Waals surface area contributed by atoms with Crippen LogP contribution in [0, 0.1) is 11.3 Å². The van der Waals surface area contributed by atoms with Crippen LogP contribution < -0.4 is 0 Å². The van der Waals surface area contributed by atoms with E-state index in [1.807, 2.05) is 0 Å². The molecular weight excluding hydrogens is 260 g/mol. The van der Waals surface area contributed by atoms with Gasteiger partial charge in [-0.15, -0.1) is 0 Å². The molecule has 2 unspecified atom stereocenters. The largest absolute Gasteiger partial charge is 0.0836 e. The molecule has 1 aliphatic carbocycles. The van der Waals surface area contributed by atoms with Crippen molar-refractivity contribution in [2.45, 2.75) is 44.4 Å². The van der Waals surface area contributed by atoms with Crippen molar-refractivity contribution in [2.24, 2.45) is 11.3 Å². The molecule has 0 aromatic heterocycles. The van der Waals surface area contributed by atoms with Gasteiger partial charge < -0.3 is 0 Å². The smallest absolute Gasteiger partial charge is 0.0428 e. The third kappa shape index (κ3) is 2.51. The molecule has 0 aliphatic heterocycles. The molecule has 0 radical (unpaired) electrons. The molecule has 1 aromatic carbocycles. The van der Waals surface area contributed by atoms with E-state index in [-0.39, 0.29) is 0 Å². The molecule has 0 spiro atoms. The van der Waals surface area contributed by atoms with E-state index in [2.05, 4.69) is 60.1 Å². The summed E-state index contributed by atoms with van der Waals surface area (Å²) in [5.41, 5.74) is 1.91. The molecule has 88 valence electrons. The van der Waals surface area contributed by atoms with Gasteiger partial charge in [0.05, 0.1) is 0 Å². The van der Waals surface area contributed by atoms with E-state index in [9.17, 15) is 0 Å². The van der Waals surface area contributed by atoms with Crippen molar-refractivity contribution >= 4 is 15.9 Å². The first-order valence-corrected chi connectivity index (χ1v) is 7.22. The minimum atomic E-state index is 0.474. The summed E-state index contributed by atoms with van der Waals surface area (Å²) < 4.78 is 0. The summed E-state index contributed by atoms with van der Waals surface area (Å²) >= 11 is 3.92. The zero-order valence-electron chi connectivity index (χ0n) is 10.2. The standard InChI is InChI=1S/C15H21Br/c1-15(2)11-7-6-10-13(15)14(16)12-8-4-3-5-9-12/h3-5,8-9,13-14H,6-7,10-11H2,1-2H3. The minimum Gasteiger partial charge on any atom is -0.0836 e. The second-order valence-electron chi connectivity index (χ2n) is 5.65. The van der Waals surface area contributed by atoms with Crippen LogP contribution >= 0.6 is 15.9 Å². The molecule has 2 atom stereocenters. The van der Waals surface area contributed by atoms with Crippen LogP contribution in [0.25, 0.3) is 0 Å². The number of rotatable bonds is 2. The first kappa shape index (κ1) is 12.2. The molecule has 1 aliphatic rings. The molecule has 1 heteroatoms. The Kier molecular flexibility index (Phi) is 3.73. The Morgan fingerprint density at radius 3 is 2.50 bits per heavy atom. The third-order valence-corrected chi connectivity index (χ3v) is 5.23. The van der Waals surface area contributed by atoms with Crippen LogP contribution in [0.3, 0.4) is 0 Å². The van der Waals surface area contributed by atoms with Gasteiger partial charge in [-0.05, 0) is 29.7 Å². The lowest BCUT2D eigenvalue weighted by atomic mass is 9.67. The van der Waals surface area contributed by atoms with E-state index in [1.54, 1.807) is 0 Å². The number of benzene rings is 1. The zero-order valence-corrected chi connectivity index (χ0v) is 11.8. The van der Waals surface area contributed by atoms with Gasteiger partial charge in [-0.3, -0.25) is 0 Å². The van der Waals surface area contributed by atoms with Gasteiger partial charge in [-0.25, -0.2) is 0 Å². The van der Waals surface area contributed by atoms with Crippen molar-refractivity contribution in [3.8, 4) is 0 Å². The highest BCUT2D eigenvalue weighted by molar-refractivity contribution is 9.09. The Balaban J connectivity index is 2.17. The summed E-state index contributed by atoms with van der Waals surface area (Å²) in [6, 6.07) is 10.8. The molecular formula is C15H21Br. The average molecular weight is 281 g/mol. The quantitative estimate of drug-likeness (QED) is 0.642. The second-order valence-corrected chi connectivity index (χ2v) is 6.64. The summed E-state index contributed by atoms with van der Waals surface area (Å²) in [6.45, 7) is 4.85. The number of hydrogen-bond acceptors (Lipinski definition) is 0. The number of hydrogen-bond donors (Lipinski definition) is 0. The van der Waals surface area contributed by atoms with Gasteiger partial charge in [0.2, 0.25) is 0 Å². The summed E-state index contributed by atoms with van der Waals surface area (Å²) in [5.74, 6) is 0.767. The van der Waals surface area contributed by atoms with E-state index < -0.39 is 0 Å². The fourth-order valence-corrected chi connectivity index (χ4v) is 4.22. The molecule has 16 heavy (non-hydrogen) atoms. The van der Waals surface area contributed by atoms with Gasteiger partial charge >= 0.3 is 0 Å². The average Bonchev–Trinajstić information content (AvgIpc) is 2.29. The highest BCUT2D eigenvalue weighted by Gasteiger charge is 2.36. The number of halogens is 1. The Morgan fingerprint density at radius 1 is 1.19 bits per heavy atom. The maximum Gasteiger partial charge on any atom is 0.0428 e. The van der Waals surface area contributed by atoms with Crippen LogP contribution in [0.2, 0.25) is 0 Å². The summed E-state index contributed by atoms with van der Waals surface area (Å²) in [6.07, 6.45) is 5.52. The SMILES string of the molecule is CC1(C)CCCCC1C(Br)c1ccccc1. The molecule has 0 saturated heterocycles. The van der Waals surface area contributed by atoms with Gasteiger partial charge in [-0.2, -0.15) is 0 Å². The van der Waals surface area contributed by atoms with E-state index in [1.165, 1.54) is 31.2 Å². The van der Waals surface area contributed by atoms with Crippen molar-refractivity contribution in [3.05, 3.63) is 35.9 Å². The maximum atomic E-state index is 3.92. The molecule has 0 bridgehead atoms. The van der Waals surface area contributed by atoms with E-state index in [4.69, 9.17) is 0 Å². The van der Waals surface area contributed by atoms with Crippen LogP contribution in [0.15, 0.2) is 30.3 Å². The molecule has 1 saturated carbocycles. The molecule has 0 amide bonds. The van der Waals surface area contributed by atoms with Gasteiger partial charge in [0.15, 0.2) is 0 Å². The lowest BCUT2D eigenvalue weighted by Crippen LogP contribution is -2.30. The summed E-state index contributed by atoms with van der Waals surface area (Å²) in [7, 11) is 0. The van der Waals surface area contributed by atoms with Gasteiger partial charge in [-0.1, -0.05) is 73.0 Å². The first-order valence-electron chi connectivity index (χ1n) is 6.30. The lowest BCUT2D eigenvalue weighted by Gasteiger charge is -2.41. The predicted molar refractivity (Wildman–Crippen MR) is 73.8 cm³/mol. The van der Waals surface area contributed by atoms with Crippen LogP contribution in [-0.4, -0.2) is 0 Å². The first-order chi connectivity index (χ1) is 7.61. The zero-order chi connectivity index (χ0) is 11.6. The Morgan fingerprint density at radius 2 is 1.88 bits per heavy atom. The minimum absolute atomic E-state index is 0.474. The normalized spacial score (nSPS) is 26.3. The topological polar surface area (TPSA) is 0 Å². The fraction of sp³-hybridized carbons (Fsp3) is 0.600. The molecule has 0 heterocycles. The van der Waals surface area contributed by atoms with E-state index >= 15 is 0 Å². The monoisotopic (exact) mass is 280 g/mol. The van der Waals surface area contributed by atoms with Crippen molar-refractivity contribution in [3.63, 3.8) is 0 Å². The van der Waals surface area contributed by atoms with E-state index in [0.717, 1.165) is 5.92 Å². The lowest BCUT2D eigenvalue weighted by molar-refractivity contribution is 0.136. The van der Waals surface area contributed by atoms with Gasteiger partial charge in [0, 0.05) is 4.83 Å². The summed E-state index contributed by atoms with van der Waals surface area (Å²) in [4.78, 5) is 0.518. The predicted octanol–water partition coefficient (Wildman–Crippen LogP) is 5.34. The molecule has 0 N–H and O–H groups in total. The van der Waals surface area contributed by atoms with Crippen LogP contribution in [0.5, 0.6) is 0 Å². The summed E-state index contributed by atoms with van der Waals surface area (Å²) in [5, 5.41) is 0. The van der Waals surface area contributed by atoms with Crippen molar-refractivity contribution in [1.82, 2.24) is 0 Å². The van der Waals surface area contributed by atoms with E-state index in [0.29, 0.717) is 10.2 Å².